The molecular weight excluding hydrogens is 204 g/mol. The number of hydrogen-bond acceptors (Lipinski definition) is 3. The molecule has 1 saturated carbocycles. The van der Waals surface area contributed by atoms with Crippen LogP contribution in [0, 0.1) is 6.92 Å². The zero-order valence-corrected chi connectivity index (χ0v) is 9.36. The lowest BCUT2D eigenvalue weighted by molar-refractivity contribution is 0.228. The summed E-state index contributed by atoms with van der Waals surface area (Å²) in [6, 6.07) is 0.246. The van der Waals surface area contributed by atoms with Crippen molar-refractivity contribution in [3.05, 3.63) is 23.8 Å². The van der Waals surface area contributed by atoms with Gasteiger partial charge in [-0.05, 0) is 26.2 Å². The average Bonchev–Trinajstić information content (AvgIpc) is 2.23. The third kappa shape index (κ3) is 2.92. The lowest BCUT2D eigenvalue weighted by Crippen LogP contribution is -2.44. The van der Waals surface area contributed by atoms with Gasteiger partial charge < -0.3 is 10.6 Å². The van der Waals surface area contributed by atoms with Gasteiger partial charge in [0.15, 0.2) is 0 Å². The van der Waals surface area contributed by atoms with E-state index in [-0.39, 0.29) is 6.03 Å². The standard InChI is InChI=1S/C11H16N4O/c1-8-5-13-10(6-12-8)7-14-11(16)15-9-3-2-4-9/h5-6,9H,2-4,7H2,1H3,(H2,14,15,16). The zero-order chi connectivity index (χ0) is 11.4. The van der Waals surface area contributed by atoms with Gasteiger partial charge in [-0.3, -0.25) is 9.97 Å². The Hall–Kier alpha value is -1.65. The van der Waals surface area contributed by atoms with Crippen molar-refractivity contribution in [2.75, 3.05) is 0 Å². The summed E-state index contributed by atoms with van der Waals surface area (Å²) in [7, 11) is 0. The SMILES string of the molecule is Cc1cnc(CNC(=O)NC2CCC2)cn1. The highest BCUT2D eigenvalue weighted by Crippen LogP contribution is 2.17. The molecule has 2 rings (SSSR count). The molecule has 0 unspecified atom stereocenters. The van der Waals surface area contributed by atoms with Gasteiger partial charge in [0.1, 0.15) is 0 Å². The Labute approximate surface area is 94.7 Å². The van der Waals surface area contributed by atoms with Crippen molar-refractivity contribution in [3.63, 3.8) is 0 Å². The van der Waals surface area contributed by atoms with Gasteiger partial charge in [0.05, 0.1) is 24.1 Å². The molecule has 0 bridgehead atoms. The first kappa shape index (κ1) is 10.9. The Morgan fingerprint density at radius 1 is 1.44 bits per heavy atom. The molecule has 0 radical (unpaired) electrons. The normalized spacial score (nSPS) is 15.3. The molecule has 86 valence electrons. The van der Waals surface area contributed by atoms with E-state index in [1.54, 1.807) is 12.4 Å². The largest absolute Gasteiger partial charge is 0.335 e. The first-order chi connectivity index (χ1) is 7.74. The number of hydrogen-bond donors (Lipinski definition) is 2. The van der Waals surface area contributed by atoms with Crippen molar-refractivity contribution in [2.45, 2.75) is 38.8 Å². The molecule has 1 fully saturated rings. The van der Waals surface area contributed by atoms with Crippen molar-refractivity contribution < 1.29 is 4.79 Å². The molecule has 1 aliphatic rings. The van der Waals surface area contributed by atoms with Gasteiger partial charge in [-0.1, -0.05) is 0 Å². The van der Waals surface area contributed by atoms with E-state index in [1.807, 2.05) is 6.92 Å². The van der Waals surface area contributed by atoms with E-state index in [4.69, 9.17) is 0 Å². The molecule has 16 heavy (non-hydrogen) atoms. The van der Waals surface area contributed by atoms with Crippen molar-refractivity contribution >= 4 is 6.03 Å². The third-order valence-electron chi connectivity index (χ3n) is 2.70. The maximum Gasteiger partial charge on any atom is 0.315 e. The Balaban J connectivity index is 1.73. The summed E-state index contributed by atoms with van der Waals surface area (Å²) in [6.45, 7) is 2.30. The minimum absolute atomic E-state index is 0.118. The summed E-state index contributed by atoms with van der Waals surface area (Å²) >= 11 is 0. The molecule has 1 aliphatic carbocycles. The number of carbonyl (C=O) groups is 1. The van der Waals surface area contributed by atoms with Crippen LogP contribution in [0.3, 0.4) is 0 Å². The van der Waals surface area contributed by atoms with Crippen LogP contribution in [0.4, 0.5) is 4.79 Å². The van der Waals surface area contributed by atoms with Crippen LogP contribution in [0.25, 0.3) is 0 Å². The highest BCUT2D eigenvalue weighted by Gasteiger charge is 2.18. The maximum absolute atomic E-state index is 11.4. The number of carbonyl (C=O) groups excluding carboxylic acids is 1. The van der Waals surface area contributed by atoms with Crippen molar-refractivity contribution in [1.29, 1.82) is 0 Å². The minimum Gasteiger partial charge on any atom is -0.335 e. The van der Waals surface area contributed by atoms with E-state index in [0.29, 0.717) is 12.6 Å². The molecular formula is C11H16N4O. The molecule has 0 aromatic carbocycles. The molecule has 1 aromatic rings. The molecule has 0 aliphatic heterocycles. The number of aromatic nitrogens is 2. The monoisotopic (exact) mass is 220 g/mol. The van der Waals surface area contributed by atoms with Gasteiger partial charge in [0.2, 0.25) is 0 Å². The second kappa shape index (κ2) is 4.92. The Kier molecular flexibility index (Phi) is 3.34. The molecule has 0 saturated heterocycles. The maximum atomic E-state index is 11.4. The number of nitrogens with one attached hydrogen (secondary N) is 2. The highest BCUT2D eigenvalue weighted by molar-refractivity contribution is 5.74. The molecule has 1 heterocycles. The highest BCUT2D eigenvalue weighted by atomic mass is 16.2. The topological polar surface area (TPSA) is 66.9 Å². The molecule has 2 amide bonds. The summed E-state index contributed by atoms with van der Waals surface area (Å²) in [5, 5.41) is 5.66. The number of amides is 2. The van der Waals surface area contributed by atoms with Gasteiger partial charge in [-0.25, -0.2) is 4.79 Å². The van der Waals surface area contributed by atoms with E-state index >= 15 is 0 Å². The van der Waals surface area contributed by atoms with Crippen LogP contribution in [0.15, 0.2) is 12.4 Å². The predicted molar refractivity (Wildman–Crippen MR) is 59.8 cm³/mol. The van der Waals surface area contributed by atoms with Gasteiger partial charge >= 0.3 is 6.03 Å². The second-order valence-electron chi connectivity index (χ2n) is 4.10. The first-order valence-electron chi connectivity index (χ1n) is 5.56. The average molecular weight is 220 g/mol. The van der Waals surface area contributed by atoms with E-state index in [1.165, 1.54) is 6.42 Å². The first-order valence-corrected chi connectivity index (χ1v) is 5.56. The molecule has 1 aromatic heterocycles. The number of nitrogens with zero attached hydrogens (tertiary/aromatic N) is 2. The Bertz CT molecular complexity index is 359. The van der Waals surface area contributed by atoms with Crippen LogP contribution in [-0.4, -0.2) is 22.0 Å². The number of urea groups is 1. The summed E-state index contributed by atoms with van der Waals surface area (Å²) in [4.78, 5) is 19.7. The second-order valence-corrected chi connectivity index (χ2v) is 4.10. The fraction of sp³-hybridized carbons (Fsp3) is 0.545. The van der Waals surface area contributed by atoms with Crippen LogP contribution in [0.2, 0.25) is 0 Å². The lowest BCUT2D eigenvalue weighted by atomic mass is 9.93. The van der Waals surface area contributed by atoms with Gasteiger partial charge in [-0.2, -0.15) is 0 Å². The van der Waals surface area contributed by atoms with Gasteiger partial charge in [0.25, 0.3) is 0 Å². The van der Waals surface area contributed by atoms with Crippen molar-refractivity contribution in [1.82, 2.24) is 20.6 Å². The van der Waals surface area contributed by atoms with Gasteiger partial charge in [0, 0.05) is 12.2 Å². The summed E-state index contributed by atoms with van der Waals surface area (Å²) < 4.78 is 0. The zero-order valence-electron chi connectivity index (χ0n) is 9.36. The summed E-state index contributed by atoms with van der Waals surface area (Å²) in [6.07, 6.45) is 6.78. The van der Waals surface area contributed by atoms with E-state index in [9.17, 15) is 4.79 Å². The molecule has 5 heteroatoms. The van der Waals surface area contributed by atoms with Crippen molar-refractivity contribution in [2.24, 2.45) is 0 Å². The van der Waals surface area contributed by atoms with Crippen molar-refractivity contribution in [3.8, 4) is 0 Å². The molecule has 0 atom stereocenters. The molecule has 0 spiro atoms. The number of rotatable bonds is 3. The van der Waals surface area contributed by atoms with E-state index in [2.05, 4.69) is 20.6 Å². The van der Waals surface area contributed by atoms with E-state index < -0.39 is 0 Å². The van der Waals surface area contributed by atoms with Crippen LogP contribution in [0.1, 0.15) is 30.7 Å². The molecule has 5 nitrogen and oxygen atoms in total. The van der Waals surface area contributed by atoms with E-state index in [0.717, 1.165) is 24.2 Å². The van der Waals surface area contributed by atoms with Crippen LogP contribution < -0.4 is 10.6 Å². The lowest BCUT2D eigenvalue weighted by Gasteiger charge is -2.26. The fourth-order valence-corrected chi connectivity index (χ4v) is 1.47. The summed E-state index contributed by atoms with van der Waals surface area (Å²) in [5.41, 5.74) is 1.65. The molecule has 2 N–H and O–H groups in total. The number of aryl methyl sites for hydroxylation is 1. The van der Waals surface area contributed by atoms with Crippen LogP contribution in [0.5, 0.6) is 0 Å². The third-order valence-corrected chi connectivity index (χ3v) is 2.70. The predicted octanol–water partition coefficient (Wildman–Crippen LogP) is 1.14. The minimum atomic E-state index is -0.118. The quantitative estimate of drug-likeness (QED) is 0.802. The van der Waals surface area contributed by atoms with Crippen LogP contribution >= 0.6 is 0 Å². The van der Waals surface area contributed by atoms with Gasteiger partial charge in [-0.15, -0.1) is 0 Å². The Morgan fingerprint density at radius 2 is 2.25 bits per heavy atom. The fourth-order valence-electron chi connectivity index (χ4n) is 1.47. The van der Waals surface area contributed by atoms with Crippen LogP contribution in [-0.2, 0) is 6.54 Å². The smallest absolute Gasteiger partial charge is 0.315 e. The summed E-state index contributed by atoms with van der Waals surface area (Å²) in [5.74, 6) is 0. The Morgan fingerprint density at radius 3 is 2.81 bits per heavy atom.